The average Bonchev–Trinajstić information content (AvgIpc) is 3.86. The van der Waals surface area contributed by atoms with Crippen LogP contribution in [0.4, 0.5) is 19.0 Å². The third-order valence-corrected chi connectivity index (χ3v) is 14.6. The van der Waals surface area contributed by atoms with Crippen molar-refractivity contribution in [1.29, 1.82) is 0 Å². The molecule has 382 valence electrons. The van der Waals surface area contributed by atoms with Gasteiger partial charge in [0.2, 0.25) is 29.5 Å². The number of ether oxygens (including phenoxy) is 2. The predicted octanol–water partition coefficient (Wildman–Crippen LogP) is 5.02. The Kier molecular flexibility index (Phi) is 18.0. The van der Waals surface area contributed by atoms with Crippen LogP contribution in [0.5, 0.6) is 0 Å². The molecular formula is C50H69F3N10O7. The van der Waals surface area contributed by atoms with Crippen molar-refractivity contribution in [3.63, 3.8) is 0 Å². The summed E-state index contributed by atoms with van der Waals surface area (Å²) >= 11 is 0. The Hall–Kier alpha value is -5.47. The second kappa shape index (κ2) is 24.1. The van der Waals surface area contributed by atoms with E-state index in [-0.39, 0.29) is 102 Å². The van der Waals surface area contributed by atoms with Crippen molar-refractivity contribution in [2.24, 2.45) is 11.8 Å². The Labute approximate surface area is 407 Å². The lowest BCUT2D eigenvalue weighted by Crippen LogP contribution is -2.59. The van der Waals surface area contributed by atoms with Gasteiger partial charge in [-0.2, -0.15) is 13.2 Å². The minimum Gasteiger partial charge on any atom is -0.381 e. The summed E-state index contributed by atoms with van der Waals surface area (Å²) in [6.07, 6.45) is 6.96. The Balaban J connectivity index is 0.787. The fraction of sp³-hybridized carbons (Fsp3) is 0.640. The Bertz CT molecular complexity index is 2270. The summed E-state index contributed by atoms with van der Waals surface area (Å²) in [5.74, 6) is -1.09. The first kappa shape index (κ1) is 52.4. The molecule has 4 fully saturated rings. The summed E-state index contributed by atoms with van der Waals surface area (Å²) in [6.45, 7) is 6.80. The second-order valence-corrected chi connectivity index (χ2v) is 19.5. The topological polar surface area (TPSA) is 200 Å². The molecule has 20 heteroatoms. The highest BCUT2D eigenvalue weighted by atomic mass is 19.4. The smallest absolute Gasteiger partial charge is 0.381 e. The number of aromatic nitrogens is 3. The zero-order valence-corrected chi connectivity index (χ0v) is 40.7. The lowest BCUT2D eigenvalue weighted by atomic mass is 9.82. The molecule has 0 unspecified atom stereocenters. The Morgan fingerprint density at radius 2 is 1.67 bits per heavy atom. The van der Waals surface area contributed by atoms with Crippen LogP contribution in [-0.2, 0) is 39.6 Å². The van der Waals surface area contributed by atoms with Crippen LogP contribution in [-0.4, -0.2) is 149 Å². The zero-order chi connectivity index (χ0) is 50.0. The van der Waals surface area contributed by atoms with Gasteiger partial charge in [-0.05, 0) is 115 Å². The molecule has 4 aliphatic rings. The molecule has 4 heterocycles. The van der Waals surface area contributed by atoms with E-state index in [9.17, 15) is 37.1 Å². The average molecular weight is 979 g/mol. The van der Waals surface area contributed by atoms with Crippen LogP contribution in [0, 0.1) is 11.8 Å². The lowest BCUT2D eigenvalue weighted by Gasteiger charge is -2.45. The molecule has 3 aromatic rings. The number of carbonyl (C=O) groups excluding carboxylic acids is 5. The number of fused-ring (bicyclic) bond motifs is 1. The van der Waals surface area contributed by atoms with Crippen LogP contribution in [0.15, 0.2) is 49.1 Å². The quantitative estimate of drug-likeness (QED) is 0.104. The molecule has 70 heavy (non-hydrogen) atoms. The van der Waals surface area contributed by atoms with E-state index >= 15 is 0 Å². The molecule has 2 saturated heterocycles. The third-order valence-electron chi connectivity index (χ3n) is 14.6. The maximum Gasteiger partial charge on any atom is 0.416 e. The lowest BCUT2D eigenvalue weighted by molar-refractivity contribution is -0.137. The molecule has 1 aromatic carbocycles. The van der Waals surface area contributed by atoms with Gasteiger partial charge in [-0.1, -0.05) is 6.07 Å². The first-order valence-corrected chi connectivity index (χ1v) is 24.9. The van der Waals surface area contributed by atoms with E-state index in [0.29, 0.717) is 96.2 Å². The first-order chi connectivity index (χ1) is 33.6. The molecule has 6 atom stereocenters. The largest absolute Gasteiger partial charge is 0.416 e. The number of nitrogens with zero attached hydrogens (tertiary/aromatic N) is 6. The fourth-order valence-corrected chi connectivity index (χ4v) is 10.5. The molecular weight excluding hydrogens is 910 g/mol. The molecule has 7 rings (SSSR count). The minimum atomic E-state index is -4.55. The number of hydrogen-bond donors (Lipinski definition) is 4. The van der Waals surface area contributed by atoms with Crippen LogP contribution < -0.4 is 21.3 Å². The number of rotatable bonds is 21. The van der Waals surface area contributed by atoms with Crippen molar-refractivity contribution < 1.29 is 46.6 Å². The first-order valence-electron chi connectivity index (χ1n) is 24.9. The van der Waals surface area contributed by atoms with Crippen LogP contribution >= 0.6 is 0 Å². The summed E-state index contributed by atoms with van der Waals surface area (Å²) in [5, 5.41) is 12.7. The van der Waals surface area contributed by atoms with E-state index in [1.807, 2.05) is 11.0 Å². The van der Waals surface area contributed by atoms with E-state index in [2.05, 4.69) is 62.0 Å². The molecule has 0 bridgehead atoms. The van der Waals surface area contributed by atoms with Gasteiger partial charge >= 0.3 is 6.18 Å². The van der Waals surface area contributed by atoms with Crippen molar-refractivity contribution in [2.45, 2.75) is 139 Å². The van der Waals surface area contributed by atoms with Crippen molar-refractivity contribution >= 4 is 46.3 Å². The van der Waals surface area contributed by atoms with Gasteiger partial charge in [0.15, 0.2) is 0 Å². The normalized spacial score (nSPS) is 25.2. The maximum absolute atomic E-state index is 14.1. The van der Waals surface area contributed by atoms with Gasteiger partial charge < -0.3 is 45.4 Å². The van der Waals surface area contributed by atoms with Gasteiger partial charge in [0.05, 0.1) is 41.7 Å². The fourth-order valence-electron chi connectivity index (χ4n) is 10.5. The summed E-state index contributed by atoms with van der Waals surface area (Å²) in [7, 11) is 3.80. The molecule has 2 saturated carbocycles. The predicted molar refractivity (Wildman–Crippen MR) is 255 cm³/mol. The number of pyridine rings is 1. The second-order valence-electron chi connectivity index (χ2n) is 19.5. The molecule has 17 nitrogen and oxygen atoms in total. The molecule has 2 aromatic heterocycles. The van der Waals surface area contributed by atoms with Crippen LogP contribution in [0.2, 0.25) is 0 Å². The van der Waals surface area contributed by atoms with Crippen molar-refractivity contribution in [3.8, 4) is 0 Å². The van der Waals surface area contributed by atoms with E-state index in [4.69, 9.17) is 9.47 Å². The number of anilines is 1. The van der Waals surface area contributed by atoms with Gasteiger partial charge in [0.25, 0.3) is 0 Å². The Morgan fingerprint density at radius 3 is 2.40 bits per heavy atom. The highest BCUT2D eigenvalue weighted by Crippen LogP contribution is 2.38. The van der Waals surface area contributed by atoms with Crippen molar-refractivity contribution in [3.05, 3.63) is 60.2 Å². The van der Waals surface area contributed by atoms with Gasteiger partial charge in [0, 0.05) is 94.6 Å². The standard InChI is InChI=1S/C50H69F3N10O7/c1-31(2)61(3)36-14-16-42(63-21-17-40(49(63)68)59-46-37-26-34(50(51,52)53)11-15-39(37)56-30-57-46)41(27-36)60-47(66)32-9-12-35(13-10-32)58-43(64)18-25-70-24-7-23-69-22-6-20-55-48(67)38-28-44(65)62(4)45(38)33-8-5-19-54-29-33/h5,8,11,15,19,26,29-32,35-36,38,40-42,45H,6-7,9-10,12-14,16-18,20-25,27-28H2,1-4H3,(H,55,67)(H,58,64)(H,60,66)(H,56,57,59)/t32?,35?,36-,38+,40+,41-,42+,45-/m1/s1. The van der Waals surface area contributed by atoms with Gasteiger partial charge in [0.1, 0.15) is 18.2 Å². The number of benzene rings is 1. The van der Waals surface area contributed by atoms with E-state index in [0.717, 1.165) is 24.1 Å². The van der Waals surface area contributed by atoms with Gasteiger partial charge in [-0.3, -0.25) is 29.0 Å². The molecule has 2 aliphatic carbocycles. The van der Waals surface area contributed by atoms with Crippen molar-refractivity contribution in [1.82, 2.24) is 45.6 Å². The van der Waals surface area contributed by atoms with E-state index < -0.39 is 23.7 Å². The Morgan fingerprint density at radius 1 is 0.914 bits per heavy atom. The van der Waals surface area contributed by atoms with Gasteiger partial charge in [-0.15, -0.1) is 0 Å². The number of alkyl halides is 3. The van der Waals surface area contributed by atoms with E-state index in [1.54, 1.807) is 30.4 Å². The summed E-state index contributed by atoms with van der Waals surface area (Å²) in [6, 6.07) is 5.84. The highest BCUT2D eigenvalue weighted by Gasteiger charge is 2.45. The minimum absolute atomic E-state index is 0.0375. The van der Waals surface area contributed by atoms with Crippen LogP contribution in [0.25, 0.3) is 10.9 Å². The maximum atomic E-state index is 14.1. The monoisotopic (exact) mass is 979 g/mol. The van der Waals surface area contributed by atoms with Crippen LogP contribution in [0.1, 0.15) is 108 Å². The summed E-state index contributed by atoms with van der Waals surface area (Å²) in [5.41, 5.74) is 0.344. The number of likely N-dealkylation sites (tertiary alicyclic amines) is 2. The van der Waals surface area contributed by atoms with Crippen molar-refractivity contribution in [2.75, 3.05) is 58.9 Å². The molecule has 0 radical (unpaired) electrons. The number of hydrogen-bond acceptors (Lipinski definition) is 12. The summed E-state index contributed by atoms with van der Waals surface area (Å²) < 4.78 is 52.2. The molecule has 5 amide bonds. The zero-order valence-electron chi connectivity index (χ0n) is 40.7. The number of carbonyl (C=O) groups is 5. The van der Waals surface area contributed by atoms with Crippen LogP contribution in [0.3, 0.4) is 0 Å². The number of halogens is 3. The molecule has 0 spiro atoms. The molecule has 4 N–H and O–H groups in total. The SMILES string of the molecule is CC(C)N(C)[C@@H]1CC[C@H](N2CC[C@H](Nc3ncnc4ccc(C(F)(F)F)cc34)C2=O)[C@H](NC(=O)C2CCC(NC(=O)CCOCCCOCCCNC(=O)[C@H]3CC(=O)N(C)[C@@H]3c3cccnc3)CC2)C1. The summed E-state index contributed by atoms with van der Waals surface area (Å²) in [4.78, 5) is 84.4. The third kappa shape index (κ3) is 13.3. The number of amides is 5. The highest BCUT2D eigenvalue weighted by molar-refractivity contribution is 5.93. The number of nitrogens with one attached hydrogen (secondary N) is 4. The molecule has 2 aliphatic heterocycles. The van der Waals surface area contributed by atoms with E-state index in [1.165, 1.54) is 12.4 Å². The van der Waals surface area contributed by atoms with Gasteiger partial charge in [-0.25, -0.2) is 9.97 Å².